The molecule has 2 aromatic carbocycles. The number of nitrogens with zero attached hydrogens (tertiary/aromatic N) is 1. The number of methoxy groups -OCH3 is 1. The van der Waals surface area contributed by atoms with Gasteiger partial charge in [0.25, 0.3) is 5.91 Å². The second kappa shape index (κ2) is 9.03. The van der Waals surface area contributed by atoms with Crippen molar-refractivity contribution in [3.8, 4) is 5.75 Å². The second-order valence-corrected chi connectivity index (χ2v) is 11.1. The topological polar surface area (TPSA) is 122 Å². The van der Waals surface area contributed by atoms with Crippen LogP contribution in [0.5, 0.6) is 5.75 Å². The number of nitrogens with one attached hydrogen (secondary N) is 2. The normalized spacial score (nSPS) is 14.9. The third-order valence-electron chi connectivity index (χ3n) is 4.65. The minimum absolute atomic E-state index is 0.0374. The lowest BCUT2D eigenvalue weighted by molar-refractivity contribution is 0.102. The van der Waals surface area contributed by atoms with Crippen LogP contribution in [0.1, 0.15) is 23.2 Å². The molecule has 2 N–H and O–H groups in total. The molecule has 1 aliphatic heterocycles. The fourth-order valence-electron chi connectivity index (χ4n) is 3.16. The Kier molecular flexibility index (Phi) is 6.79. The maximum atomic E-state index is 12.8. The zero-order valence-corrected chi connectivity index (χ0v) is 19.3. The van der Waals surface area contributed by atoms with E-state index in [0.717, 1.165) is 19.1 Å². The molecule has 0 atom stereocenters. The predicted octanol–water partition coefficient (Wildman–Crippen LogP) is 2.76. The Morgan fingerprint density at radius 1 is 1.03 bits per heavy atom. The standard InChI is InChI=1S/C19H22ClN3O6S2/c1-29-18-8-6-14(31(27,28)23-9-3-4-10-23)12-17(18)21-19(24)13-5-7-16(15(20)11-13)22-30(2,25)26/h5-8,11-12,22H,3-4,9-10H2,1-2H3,(H,21,24). The number of halogens is 1. The molecule has 0 unspecified atom stereocenters. The lowest BCUT2D eigenvalue weighted by Gasteiger charge is -2.17. The average Bonchev–Trinajstić information content (AvgIpc) is 3.24. The van der Waals surface area contributed by atoms with Gasteiger partial charge < -0.3 is 10.1 Å². The van der Waals surface area contributed by atoms with Crippen molar-refractivity contribution in [1.82, 2.24) is 4.31 Å². The summed E-state index contributed by atoms with van der Waals surface area (Å²) in [6, 6.07) is 8.33. The molecule has 9 nitrogen and oxygen atoms in total. The van der Waals surface area contributed by atoms with E-state index >= 15 is 0 Å². The van der Waals surface area contributed by atoms with Gasteiger partial charge in [-0.15, -0.1) is 0 Å². The molecular formula is C19H22ClN3O6S2. The quantitative estimate of drug-likeness (QED) is 0.619. The van der Waals surface area contributed by atoms with E-state index in [0.29, 0.717) is 13.1 Å². The van der Waals surface area contributed by atoms with Crippen molar-refractivity contribution in [2.24, 2.45) is 0 Å². The summed E-state index contributed by atoms with van der Waals surface area (Å²) < 4.78 is 57.3. The number of hydrogen-bond donors (Lipinski definition) is 2. The number of sulfonamides is 2. The minimum Gasteiger partial charge on any atom is -0.495 e. The lowest BCUT2D eigenvalue weighted by atomic mass is 10.2. The Morgan fingerprint density at radius 2 is 1.71 bits per heavy atom. The van der Waals surface area contributed by atoms with Gasteiger partial charge in [-0.2, -0.15) is 4.31 Å². The first kappa shape index (κ1) is 23.3. The maximum absolute atomic E-state index is 12.8. The summed E-state index contributed by atoms with van der Waals surface area (Å²) in [4.78, 5) is 12.8. The van der Waals surface area contributed by atoms with Gasteiger partial charge in [0.1, 0.15) is 5.75 Å². The monoisotopic (exact) mass is 487 g/mol. The van der Waals surface area contributed by atoms with Crippen LogP contribution in [0.2, 0.25) is 5.02 Å². The first-order valence-electron chi connectivity index (χ1n) is 9.28. The first-order valence-corrected chi connectivity index (χ1v) is 13.0. The van der Waals surface area contributed by atoms with Crippen LogP contribution in [0.25, 0.3) is 0 Å². The van der Waals surface area contributed by atoms with Crippen LogP contribution < -0.4 is 14.8 Å². The van der Waals surface area contributed by atoms with Crippen molar-refractivity contribution in [2.75, 3.05) is 36.5 Å². The van der Waals surface area contributed by atoms with Crippen molar-refractivity contribution >= 4 is 48.9 Å². The van der Waals surface area contributed by atoms with E-state index in [1.165, 1.54) is 47.8 Å². The molecule has 168 valence electrons. The molecule has 3 rings (SSSR count). The molecule has 0 radical (unpaired) electrons. The van der Waals surface area contributed by atoms with Gasteiger partial charge >= 0.3 is 0 Å². The molecule has 0 aliphatic carbocycles. The molecule has 2 aromatic rings. The third-order valence-corrected chi connectivity index (χ3v) is 7.45. The van der Waals surface area contributed by atoms with Gasteiger partial charge in [-0.3, -0.25) is 9.52 Å². The number of amides is 1. The SMILES string of the molecule is COc1ccc(S(=O)(=O)N2CCCC2)cc1NC(=O)c1ccc(NS(C)(=O)=O)c(Cl)c1. The van der Waals surface area contributed by atoms with Crippen molar-refractivity contribution in [2.45, 2.75) is 17.7 Å². The van der Waals surface area contributed by atoms with E-state index in [9.17, 15) is 21.6 Å². The summed E-state index contributed by atoms with van der Waals surface area (Å²) in [5, 5.41) is 2.67. The van der Waals surface area contributed by atoms with Gasteiger partial charge in [-0.25, -0.2) is 16.8 Å². The van der Waals surface area contributed by atoms with Crippen molar-refractivity contribution in [1.29, 1.82) is 0 Å². The predicted molar refractivity (Wildman–Crippen MR) is 119 cm³/mol. The molecule has 0 spiro atoms. The number of benzene rings is 2. The summed E-state index contributed by atoms with van der Waals surface area (Å²) in [6.07, 6.45) is 2.60. The minimum atomic E-state index is -3.68. The molecule has 1 fully saturated rings. The lowest BCUT2D eigenvalue weighted by Crippen LogP contribution is -2.28. The molecule has 1 saturated heterocycles. The van der Waals surface area contributed by atoms with E-state index in [1.807, 2.05) is 0 Å². The zero-order chi connectivity index (χ0) is 22.8. The molecule has 1 amide bonds. The van der Waals surface area contributed by atoms with E-state index in [2.05, 4.69) is 10.0 Å². The van der Waals surface area contributed by atoms with Crippen molar-refractivity contribution in [3.05, 3.63) is 47.0 Å². The van der Waals surface area contributed by atoms with Crippen LogP contribution in [-0.4, -0.2) is 53.5 Å². The smallest absolute Gasteiger partial charge is 0.255 e. The fourth-order valence-corrected chi connectivity index (χ4v) is 5.56. The van der Waals surface area contributed by atoms with Gasteiger partial charge in [0, 0.05) is 18.7 Å². The molecule has 0 aromatic heterocycles. The Labute approximate surface area is 186 Å². The van der Waals surface area contributed by atoms with Crippen LogP contribution in [-0.2, 0) is 20.0 Å². The molecule has 1 heterocycles. The number of anilines is 2. The Balaban J connectivity index is 1.87. The molecular weight excluding hydrogens is 466 g/mol. The Bertz CT molecular complexity index is 1210. The first-order chi connectivity index (χ1) is 14.5. The number of hydrogen-bond acceptors (Lipinski definition) is 6. The van der Waals surface area contributed by atoms with Crippen molar-refractivity contribution < 1.29 is 26.4 Å². The summed E-state index contributed by atoms with van der Waals surface area (Å²) in [6.45, 7) is 0.921. The molecule has 1 aliphatic rings. The van der Waals surface area contributed by atoms with Crippen LogP contribution in [0.3, 0.4) is 0 Å². The van der Waals surface area contributed by atoms with E-state index in [-0.39, 0.29) is 32.6 Å². The maximum Gasteiger partial charge on any atom is 0.255 e. The second-order valence-electron chi connectivity index (χ2n) is 7.00. The highest BCUT2D eigenvalue weighted by molar-refractivity contribution is 7.92. The highest BCUT2D eigenvalue weighted by atomic mass is 35.5. The largest absolute Gasteiger partial charge is 0.495 e. The van der Waals surface area contributed by atoms with Gasteiger partial charge in [-0.1, -0.05) is 11.6 Å². The summed E-state index contributed by atoms with van der Waals surface area (Å²) in [5.74, 6) is -0.281. The number of carbonyl (C=O) groups is 1. The molecule has 31 heavy (non-hydrogen) atoms. The molecule has 0 bridgehead atoms. The van der Waals surface area contributed by atoms with Crippen LogP contribution in [0.4, 0.5) is 11.4 Å². The summed E-state index contributed by atoms with van der Waals surface area (Å²) in [5.41, 5.74) is 0.471. The third kappa shape index (κ3) is 5.48. The molecule has 12 heteroatoms. The van der Waals surface area contributed by atoms with Crippen LogP contribution >= 0.6 is 11.6 Å². The number of rotatable bonds is 7. The van der Waals surface area contributed by atoms with Crippen LogP contribution in [0.15, 0.2) is 41.3 Å². The fraction of sp³-hybridized carbons (Fsp3) is 0.316. The van der Waals surface area contributed by atoms with Gasteiger partial charge in [0.15, 0.2) is 0 Å². The summed E-state index contributed by atoms with van der Waals surface area (Å²) >= 11 is 6.08. The van der Waals surface area contributed by atoms with Crippen molar-refractivity contribution in [3.63, 3.8) is 0 Å². The van der Waals surface area contributed by atoms with Gasteiger partial charge in [0.2, 0.25) is 20.0 Å². The number of carbonyl (C=O) groups excluding carboxylic acids is 1. The highest BCUT2D eigenvalue weighted by Gasteiger charge is 2.28. The van der Waals surface area contributed by atoms with E-state index < -0.39 is 26.0 Å². The number of ether oxygens (including phenoxy) is 1. The van der Waals surface area contributed by atoms with Gasteiger partial charge in [-0.05, 0) is 49.2 Å². The van der Waals surface area contributed by atoms with Gasteiger partial charge in [0.05, 0.1) is 34.7 Å². The average molecular weight is 488 g/mol. The Morgan fingerprint density at radius 3 is 2.29 bits per heavy atom. The highest BCUT2D eigenvalue weighted by Crippen LogP contribution is 2.31. The van der Waals surface area contributed by atoms with E-state index in [4.69, 9.17) is 16.3 Å². The Hall–Kier alpha value is -2.34. The van der Waals surface area contributed by atoms with Crippen LogP contribution in [0, 0.1) is 0 Å². The zero-order valence-electron chi connectivity index (χ0n) is 16.9. The summed E-state index contributed by atoms with van der Waals surface area (Å²) in [7, 11) is -5.80. The molecule has 0 saturated carbocycles. The van der Waals surface area contributed by atoms with E-state index in [1.54, 1.807) is 0 Å².